The molecule has 0 N–H and O–H groups in total. The predicted molar refractivity (Wildman–Crippen MR) is 99.5 cm³/mol. The molecule has 2 aromatic rings. The molecule has 7 heteroatoms. The van der Waals surface area contributed by atoms with Gasteiger partial charge in [-0.2, -0.15) is 4.98 Å². The van der Waals surface area contributed by atoms with Gasteiger partial charge < -0.3 is 14.7 Å². The molecule has 25 heavy (non-hydrogen) atoms. The molecule has 2 aliphatic rings. The van der Waals surface area contributed by atoms with Gasteiger partial charge in [0.25, 0.3) is 0 Å². The van der Waals surface area contributed by atoms with Crippen molar-refractivity contribution in [1.82, 2.24) is 19.9 Å². The number of hydrogen-bond donors (Lipinski definition) is 0. The van der Waals surface area contributed by atoms with Gasteiger partial charge in [-0.15, -0.1) is 0 Å². The second-order valence-corrected chi connectivity index (χ2v) is 6.91. The standard InChI is InChI=1S/C18H25N7/c1-23(2)18-19-8-7-16(22-18)24-9-11-25(12-10-24)17-14-5-3-4-6-15(14)20-13-21-17/h7-8,13H,3-6,9-12H2,1-2H3. The first-order chi connectivity index (χ1) is 12.2. The van der Waals surface area contributed by atoms with Crippen LogP contribution < -0.4 is 14.7 Å². The van der Waals surface area contributed by atoms with Gasteiger partial charge in [-0.25, -0.2) is 15.0 Å². The normalized spacial score (nSPS) is 17.4. The van der Waals surface area contributed by atoms with Crippen LogP contribution in [0.5, 0.6) is 0 Å². The molecule has 132 valence electrons. The molecule has 1 saturated heterocycles. The Morgan fingerprint density at radius 2 is 1.68 bits per heavy atom. The molecule has 0 spiro atoms. The zero-order valence-corrected chi connectivity index (χ0v) is 15.0. The van der Waals surface area contributed by atoms with Crippen molar-refractivity contribution in [3.8, 4) is 0 Å². The number of nitrogens with zero attached hydrogens (tertiary/aromatic N) is 7. The van der Waals surface area contributed by atoms with E-state index in [2.05, 4.69) is 29.7 Å². The lowest BCUT2D eigenvalue weighted by atomic mass is 9.96. The summed E-state index contributed by atoms with van der Waals surface area (Å²) < 4.78 is 0. The molecule has 0 radical (unpaired) electrons. The molecule has 4 rings (SSSR count). The van der Waals surface area contributed by atoms with Gasteiger partial charge >= 0.3 is 0 Å². The summed E-state index contributed by atoms with van der Waals surface area (Å²) in [4.78, 5) is 24.8. The van der Waals surface area contributed by atoms with Crippen molar-refractivity contribution in [3.63, 3.8) is 0 Å². The second kappa shape index (κ2) is 6.82. The van der Waals surface area contributed by atoms with Crippen LogP contribution >= 0.6 is 0 Å². The lowest BCUT2D eigenvalue weighted by Gasteiger charge is -2.37. The van der Waals surface area contributed by atoms with E-state index in [1.165, 1.54) is 24.1 Å². The fourth-order valence-electron chi connectivity index (χ4n) is 3.65. The quantitative estimate of drug-likeness (QED) is 0.840. The maximum absolute atomic E-state index is 4.66. The molecule has 1 fully saturated rings. The summed E-state index contributed by atoms with van der Waals surface area (Å²) in [6, 6.07) is 2.00. The van der Waals surface area contributed by atoms with Gasteiger partial charge in [0.1, 0.15) is 18.0 Å². The number of hydrogen-bond acceptors (Lipinski definition) is 7. The van der Waals surface area contributed by atoms with Crippen LogP contribution in [0, 0.1) is 0 Å². The molecule has 0 amide bonds. The Balaban J connectivity index is 1.48. The SMILES string of the molecule is CN(C)c1nccc(N2CCN(c3ncnc4c3CCCC4)CC2)n1. The first-order valence-electron chi connectivity index (χ1n) is 9.05. The van der Waals surface area contributed by atoms with Crippen molar-refractivity contribution in [2.24, 2.45) is 0 Å². The van der Waals surface area contributed by atoms with Crippen LogP contribution in [0.1, 0.15) is 24.1 Å². The summed E-state index contributed by atoms with van der Waals surface area (Å²) >= 11 is 0. The van der Waals surface area contributed by atoms with Crippen LogP contribution in [0.2, 0.25) is 0 Å². The fourth-order valence-corrected chi connectivity index (χ4v) is 3.65. The van der Waals surface area contributed by atoms with Crippen molar-refractivity contribution in [2.75, 3.05) is 55.0 Å². The first-order valence-corrected chi connectivity index (χ1v) is 9.05. The number of piperazine rings is 1. The minimum absolute atomic E-state index is 0.754. The molecule has 0 atom stereocenters. The fraction of sp³-hybridized carbons (Fsp3) is 0.556. The number of aromatic nitrogens is 4. The van der Waals surface area contributed by atoms with Gasteiger partial charge in [0, 0.05) is 57.7 Å². The number of anilines is 3. The Labute approximate surface area is 148 Å². The summed E-state index contributed by atoms with van der Waals surface area (Å²) in [5.74, 6) is 2.91. The lowest BCUT2D eigenvalue weighted by molar-refractivity contribution is 0.619. The highest BCUT2D eigenvalue weighted by atomic mass is 15.3. The Kier molecular flexibility index (Phi) is 4.38. The van der Waals surface area contributed by atoms with E-state index in [4.69, 9.17) is 0 Å². The van der Waals surface area contributed by atoms with Gasteiger partial charge in [0.15, 0.2) is 0 Å². The van der Waals surface area contributed by atoms with E-state index < -0.39 is 0 Å². The molecule has 1 aliphatic heterocycles. The van der Waals surface area contributed by atoms with Gasteiger partial charge in [-0.3, -0.25) is 0 Å². The average Bonchev–Trinajstić information content (AvgIpc) is 2.68. The maximum Gasteiger partial charge on any atom is 0.226 e. The number of rotatable bonds is 3. The highest BCUT2D eigenvalue weighted by Gasteiger charge is 2.24. The molecule has 0 bridgehead atoms. The van der Waals surface area contributed by atoms with E-state index in [9.17, 15) is 0 Å². The highest BCUT2D eigenvalue weighted by molar-refractivity contribution is 5.52. The van der Waals surface area contributed by atoms with Crippen molar-refractivity contribution in [3.05, 3.63) is 29.8 Å². The molecule has 0 saturated carbocycles. The number of aryl methyl sites for hydroxylation is 1. The van der Waals surface area contributed by atoms with Crippen molar-refractivity contribution in [1.29, 1.82) is 0 Å². The molecular formula is C18H25N7. The van der Waals surface area contributed by atoms with Crippen LogP contribution in [-0.2, 0) is 12.8 Å². The average molecular weight is 339 g/mol. The molecule has 3 heterocycles. The van der Waals surface area contributed by atoms with Crippen LogP contribution in [0.4, 0.5) is 17.6 Å². The van der Waals surface area contributed by atoms with Gasteiger partial charge in [-0.1, -0.05) is 0 Å². The summed E-state index contributed by atoms with van der Waals surface area (Å²) in [5.41, 5.74) is 2.63. The van der Waals surface area contributed by atoms with E-state index in [0.29, 0.717) is 0 Å². The summed E-state index contributed by atoms with van der Waals surface area (Å²) in [5, 5.41) is 0. The predicted octanol–water partition coefficient (Wildman–Crippen LogP) is 1.54. The third-order valence-corrected chi connectivity index (χ3v) is 5.03. The second-order valence-electron chi connectivity index (χ2n) is 6.91. The molecule has 7 nitrogen and oxygen atoms in total. The van der Waals surface area contributed by atoms with Crippen molar-refractivity contribution >= 4 is 17.6 Å². The molecule has 2 aromatic heterocycles. The molecule has 1 aliphatic carbocycles. The number of fused-ring (bicyclic) bond motifs is 1. The van der Waals surface area contributed by atoms with Crippen LogP contribution in [0.25, 0.3) is 0 Å². The van der Waals surface area contributed by atoms with E-state index >= 15 is 0 Å². The summed E-state index contributed by atoms with van der Waals surface area (Å²) in [6.45, 7) is 3.82. The Bertz CT molecular complexity index is 738. The topological polar surface area (TPSA) is 61.3 Å². The van der Waals surface area contributed by atoms with E-state index in [1.807, 2.05) is 31.3 Å². The van der Waals surface area contributed by atoms with Crippen LogP contribution in [-0.4, -0.2) is 60.2 Å². The van der Waals surface area contributed by atoms with Gasteiger partial charge in [0.05, 0.1) is 0 Å². The zero-order chi connectivity index (χ0) is 17.2. The van der Waals surface area contributed by atoms with E-state index in [0.717, 1.165) is 56.6 Å². The third kappa shape index (κ3) is 3.23. The Morgan fingerprint density at radius 1 is 0.920 bits per heavy atom. The van der Waals surface area contributed by atoms with Crippen LogP contribution in [0.3, 0.4) is 0 Å². The smallest absolute Gasteiger partial charge is 0.226 e. The summed E-state index contributed by atoms with van der Waals surface area (Å²) in [6.07, 6.45) is 8.29. The first kappa shape index (κ1) is 16.1. The van der Waals surface area contributed by atoms with Gasteiger partial charge in [0.2, 0.25) is 5.95 Å². The zero-order valence-electron chi connectivity index (χ0n) is 15.0. The Morgan fingerprint density at radius 3 is 2.48 bits per heavy atom. The minimum Gasteiger partial charge on any atom is -0.353 e. The molecule has 0 aromatic carbocycles. The van der Waals surface area contributed by atoms with E-state index in [-0.39, 0.29) is 0 Å². The molecular weight excluding hydrogens is 314 g/mol. The largest absolute Gasteiger partial charge is 0.353 e. The van der Waals surface area contributed by atoms with Crippen molar-refractivity contribution in [2.45, 2.75) is 25.7 Å². The van der Waals surface area contributed by atoms with Gasteiger partial charge in [-0.05, 0) is 31.7 Å². The Hall–Kier alpha value is -2.44. The molecule has 0 unspecified atom stereocenters. The van der Waals surface area contributed by atoms with Crippen molar-refractivity contribution < 1.29 is 0 Å². The summed E-state index contributed by atoms with van der Waals surface area (Å²) in [7, 11) is 3.94. The third-order valence-electron chi connectivity index (χ3n) is 5.03. The monoisotopic (exact) mass is 339 g/mol. The highest BCUT2D eigenvalue weighted by Crippen LogP contribution is 2.28. The maximum atomic E-state index is 4.66. The minimum atomic E-state index is 0.754. The van der Waals surface area contributed by atoms with Crippen LogP contribution in [0.15, 0.2) is 18.6 Å². The lowest BCUT2D eigenvalue weighted by Crippen LogP contribution is -2.47. The van der Waals surface area contributed by atoms with E-state index in [1.54, 1.807) is 6.33 Å².